The van der Waals surface area contributed by atoms with Gasteiger partial charge in [-0.2, -0.15) is 0 Å². The molecule has 1 nitrogen and oxygen atoms in total. The van der Waals surface area contributed by atoms with Crippen molar-refractivity contribution < 1.29 is 5.11 Å². The Bertz CT molecular complexity index is 137. The molecular weight excluding hydrogens is 124 g/mol. The maximum absolute atomic E-state index is 8.73. The van der Waals surface area contributed by atoms with Gasteiger partial charge in [-0.25, -0.2) is 0 Å². The number of aliphatic hydroxyl groups is 1. The summed E-state index contributed by atoms with van der Waals surface area (Å²) in [5, 5.41) is 9.50. The van der Waals surface area contributed by atoms with E-state index < -0.39 is 0 Å². The summed E-state index contributed by atoms with van der Waals surface area (Å²) in [6.45, 7) is 0. The van der Waals surface area contributed by atoms with E-state index in [1.807, 2.05) is 0 Å². The molecule has 1 aliphatic carbocycles. The van der Waals surface area contributed by atoms with Crippen molar-refractivity contribution in [1.82, 2.24) is 0 Å². The Morgan fingerprint density at radius 2 is 2.25 bits per heavy atom. The zero-order valence-electron chi connectivity index (χ0n) is 4.26. The Morgan fingerprint density at radius 1 is 1.50 bits per heavy atom. The smallest absolute Gasteiger partial charge is 0.111 e. The molecule has 0 bridgehead atoms. The Hall–Kier alpha value is -0.430. The highest BCUT2D eigenvalue weighted by Gasteiger charge is 2.02. The molecule has 0 saturated carbocycles. The molecule has 0 fully saturated rings. The van der Waals surface area contributed by atoms with E-state index in [-0.39, 0.29) is 0 Å². The zero-order chi connectivity index (χ0) is 5.98. The van der Waals surface area contributed by atoms with Crippen LogP contribution in [-0.2, 0) is 0 Å². The predicted molar refractivity (Wildman–Crippen MR) is 33.6 cm³/mol. The summed E-state index contributed by atoms with van der Waals surface area (Å²) in [6, 6.07) is 0. The van der Waals surface area contributed by atoms with Crippen molar-refractivity contribution in [2.24, 2.45) is 0 Å². The van der Waals surface area contributed by atoms with Crippen LogP contribution in [0.3, 0.4) is 0 Å². The van der Waals surface area contributed by atoms with E-state index in [1.54, 1.807) is 18.2 Å². The minimum Gasteiger partial charge on any atom is -0.508 e. The lowest BCUT2D eigenvalue weighted by molar-refractivity contribution is 0.428. The molecule has 1 rings (SSSR count). The largest absolute Gasteiger partial charge is 0.508 e. The number of hydrogen-bond acceptors (Lipinski definition) is 1. The van der Waals surface area contributed by atoms with Gasteiger partial charge in [0.2, 0.25) is 0 Å². The topological polar surface area (TPSA) is 20.2 Å². The average molecular weight is 130 g/mol. The minimum absolute atomic E-state index is 0.300. The molecule has 0 aliphatic heterocycles. The second-order valence-electron chi connectivity index (χ2n) is 1.61. The van der Waals surface area contributed by atoms with Crippen LogP contribution in [0.2, 0.25) is 0 Å². The highest BCUT2D eigenvalue weighted by Crippen LogP contribution is 2.19. The molecule has 0 saturated heterocycles. The van der Waals surface area contributed by atoms with Gasteiger partial charge in [-0.3, -0.25) is 0 Å². The maximum Gasteiger partial charge on any atom is 0.111 e. The van der Waals surface area contributed by atoms with Crippen LogP contribution < -0.4 is 0 Å². The molecule has 1 N–H and O–H groups in total. The molecule has 0 aromatic rings. The fraction of sp³-hybridized carbons (Fsp3) is 0.167. The van der Waals surface area contributed by atoms with Crippen molar-refractivity contribution in [3.8, 4) is 0 Å². The second kappa shape index (κ2) is 2.23. The van der Waals surface area contributed by atoms with E-state index in [2.05, 4.69) is 0 Å². The summed E-state index contributed by atoms with van der Waals surface area (Å²) < 4.78 is 0. The first-order valence-electron chi connectivity index (χ1n) is 2.37. The van der Waals surface area contributed by atoms with Crippen LogP contribution in [0.15, 0.2) is 24.0 Å². The SMILES string of the molecule is OC1=CC[C](Cl)C=C1. The van der Waals surface area contributed by atoms with Crippen molar-refractivity contribution in [2.75, 3.05) is 0 Å². The molecule has 0 unspecified atom stereocenters. The first kappa shape index (κ1) is 5.70. The van der Waals surface area contributed by atoms with Crippen LogP contribution in [0.5, 0.6) is 0 Å². The average Bonchev–Trinajstić information content (AvgIpc) is 1.77. The van der Waals surface area contributed by atoms with Crippen molar-refractivity contribution in [1.29, 1.82) is 0 Å². The molecule has 0 spiro atoms. The second-order valence-corrected chi connectivity index (χ2v) is 2.10. The molecule has 0 aromatic heterocycles. The first-order chi connectivity index (χ1) is 3.79. The van der Waals surface area contributed by atoms with E-state index in [9.17, 15) is 0 Å². The Balaban J connectivity index is 2.58. The lowest BCUT2D eigenvalue weighted by Crippen LogP contribution is -1.87. The molecule has 0 heterocycles. The summed E-state index contributed by atoms with van der Waals surface area (Å²) >= 11 is 5.56. The van der Waals surface area contributed by atoms with Gasteiger partial charge >= 0.3 is 0 Å². The highest BCUT2D eigenvalue weighted by atomic mass is 35.5. The van der Waals surface area contributed by atoms with Crippen LogP contribution in [0.25, 0.3) is 0 Å². The summed E-state index contributed by atoms with van der Waals surface area (Å²) in [7, 11) is 0. The van der Waals surface area contributed by atoms with Crippen molar-refractivity contribution >= 4 is 11.6 Å². The molecule has 1 aliphatic rings. The standard InChI is InChI=1S/C6H6ClO/c7-5-1-3-6(8)4-2-5/h1,3-4,8H,2H2. The van der Waals surface area contributed by atoms with Crippen molar-refractivity contribution in [3.05, 3.63) is 29.4 Å². The predicted octanol–water partition coefficient (Wildman–Crippen LogP) is 2.16. The minimum atomic E-state index is 0.300. The van der Waals surface area contributed by atoms with E-state index in [0.717, 1.165) is 5.38 Å². The Kier molecular flexibility index (Phi) is 1.59. The fourth-order valence-electron chi connectivity index (χ4n) is 0.514. The maximum atomic E-state index is 8.73. The van der Waals surface area contributed by atoms with Gasteiger partial charge in [-0.15, -0.1) is 11.6 Å². The summed E-state index contributed by atoms with van der Waals surface area (Å²) in [6.07, 6.45) is 5.59. The molecule has 0 aromatic carbocycles. The molecule has 0 atom stereocenters. The normalized spacial score (nSPS) is 20.9. The van der Waals surface area contributed by atoms with Gasteiger partial charge in [0.25, 0.3) is 0 Å². The van der Waals surface area contributed by atoms with Gasteiger partial charge in [-0.05, 0) is 18.6 Å². The van der Waals surface area contributed by atoms with Crippen molar-refractivity contribution in [3.63, 3.8) is 0 Å². The fourth-order valence-corrected chi connectivity index (χ4v) is 0.654. The Morgan fingerprint density at radius 3 is 2.62 bits per heavy atom. The molecule has 2 heteroatoms. The first-order valence-corrected chi connectivity index (χ1v) is 2.75. The number of hydrogen-bond donors (Lipinski definition) is 1. The third-order valence-corrected chi connectivity index (χ3v) is 1.22. The molecule has 43 valence electrons. The lowest BCUT2D eigenvalue weighted by Gasteiger charge is -2.02. The summed E-state index contributed by atoms with van der Waals surface area (Å²) in [5.74, 6) is 0.300. The third-order valence-electron chi connectivity index (χ3n) is 0.941. The van der Waals surface area contributed by atoms with Crippen LogP contribution in [0.4, 0.5) is 0 Å². The number of rotatable bonds is 0. The quantitative estimate of drug-likeness (QED) is 0.532. The van der Waals surface area contributed by atoms with Gasteiger partial charge in [-0.1, -0.05) is 6.08 Å². The molecule has 1 radical (unpaired) electrons. The van der Waals surface area contributed by atoms with Crippen LogP contribution in [0.1, 0.15) is 6.42 Å². The van der Waals surface area contributed by atoms with Crippen LogP contribution in [-0.4, -0.2) is 5.11 Å². The van der Waals surface area contributed by atoms with Crippen LogP contribution >= 0.6 is 11.6 Å². The molecular formula is C6H6ClO. The molecule has 8 heavy (non-hydrogen) atoms. The molecule has 0 amide bonds. The van der Waals surface area contributed by atoms with Gasteiger partial charge in [0.05, 0.1) is 5.38 Å². The van der Waals surface area contributed by atoms with Gasteiger partial charge in [0, 0.05) is 0 Å². The monoisotopic (exact) mass is 129 g/mol. The zero-order valence-corrected chi connectivity index (χ0v) is 5.02. The van der Waals surface area contributed by atoms with Gasteiger partial charge < -0.3 is 5.11 Å². The Labute approximate surface area is 53.3 Å². The van der Waals surface area contributed by atoms with E-state index in [0.29, 0.717) is 12.2 Å². The van der Waals surface area contributed by atoms with E-state index in [1.165, 1.54) is 0 Å². The van der Waals surface area contributed by atoms with Crippen LogP contribution in [0, 0.1) is 5.38 Å². The number of halogens is 1. The van der Waals surface area contributed by atoms with Gasteiger partial charge in [0.1, 0.15) is 5.76 Å². The van der Waals surface area contributed by atoms with E-state index in [4.69, 9.17) is 16.7 Å². The summed E-state index contributed by atoms with van der Waals surface area (Å²) in [5.41, 5.74) is 0. The number of aliphatic hydroxyl groups excluding tert-OH is 1. The van der Waals surface area contributed by atoms with E-state index >= 15 is 0 Å². The number of allylic oxidation sites excluding steroid dienone is 3. The van der Waals surface area contributed by atoms with Gasteiger partial charge in [0.15, 0.2) is 0 Å². The summed E-state index contributed by atoms with van der Waals surface area (Å²) in [4.78, 5) is 0. The third kappa shape index (κ3) is 1.27. The highest BCUT2D eigenvalue weighted by molar-refractivity contribution is 6.28. The lowest BCUT2D eigenvalue weighted by atomic mass is 10.2. The van der Waals surface area contributed by atoms with Crippen molar-refractivity contribution in [2.45, 2.75) is 6.42 Å².